The van der Waals surface area contributed by atoms with Gasteiger partial charge < -0.3 is 19.7 Å². The van der Waals surface area contributed by atoms with Crippen LogP contribution in [0, 0.1) is 0 Å². The lowest BCUT2D eigenvalue weighted by molar-refractivity contribution is 0.0697. The lowest BCUT2D eigenvalue weighted by Crippen LogP contribution is -2.35. The first-order chi connectivity index (χ1) is 14.0. The fourth-order valence-electron chi connectivity index (χ4n) is 3.67. The van der Waals surface area contributed by atoms with Gasteiger partial charge in [0.25, 0.3) is 0 Å². The molecule has 29 heavy (non-hydrogen) atoms. The van der Waals surface area contributed by atoms with E-state index in [9.17, 15) is 4.79 Å². The van der Waals surface area contributed by atoms with Gasteiger partial charge in [-0.1, -0.05) is 18.2 Å². The van der Waals surface area contributed by atoms with Crippen LogP contribution in [0.1, 0.15) is 47.7 Å². The monoisotopic (exact) mass is 407 g/mol. The van der Waals surface area contributed by atoms with Crippen LogP contribution in [0.5, 0.6) is 0 Å². The van der Waals surface area contributed by atoms with Gasteiger partial charge in [-0.05, 0) is 62.5 Å². The van der Waals surface area contributed by atoms with E-state index in [0.29, 0.717) is 10.9 Å². The molecule has 4 rings (SSSR count). The second kappa shape index (κ2) is 7.67. The van der Waals surface area contributed by atoms with Crippen LogP contribution in [0.15, 0.2) is 65.2 Å². The van der Waals surface area contributed by atoms with Crippen molar-refractivity contribution in [3.05, 3.63) is 77.8 Å². The number of thiocarbonyl (C=S) groups is 1. The van der Waals surface area contributed by atoms with E-state index in [1.54, 1.807) is 30.5 Å². The van der Waals surface area contributed by atoms with Crippen molar-refractivity contribution < 1.29 is 14.3 Å². The second-order valence-electron chi connectivity index (χ2n) is 7.21. The number of furan rings is 1. The first kappa shape index (κ1) is 19.1. The number of carboxylic acids is 1. The van der Waals surface area contributed by atoms with E-state index >= 15 is 0 Å². The number of carbonyl (C=O) groups is 1. The Kier molecular flexibility index (Phi) is 5.07. The number of aromatic nitrogens is 1. The molecular formula is C22H21N3O3S. The molecule has 148 valence electrons. The SMILES string of the molecule is CC(C)N1C(=S)N[C@@H](c2ccccn2)[C@H]1c1ccc(-c2ccc(C(=O)O)cc2)o1. The Morgan fingerprint density at radius 2 is 1.93 bits per heavy atom. The van der Waals surface area contributed by atoms with Crippen molar-refractivity contribution in [3.63, 3.8) is 0 Å². The van der Waals surface area contributed by atoms with Crippen LogP contribution in [0.25, 0.3) is 11.3 Å². The van der Waals surface area contributed by atoms with Crippen LogP contribution >= 0.6 is 12.2 Å². The molecule has 0 aliphatic carbocycles. The second-order valence-corrected chi connectivity index (χ2v) is 7.60. The molecule has 0 amide bonds. The average molecular weight is 407 g/mol. The van der Waals surface area contributed by atoms with E-state index in [0.717, 1.165) is 17.0 Å². The van der Waals surface area contributed by atoms with Crippen molar-refractivity contribution in [2.75, 3.05) is 0 Å². The zero-order chi connectivity index (χ0) is 20.5. The van der Waals surface area contributed by atoms with Crippen molar-refractivity contribution in [2.24, 2.45) is 0 Å². The van der Waals surface area contributed by atoms with Gasteiger partial charge in [-0.25, -0.2) is 4.79 Å². The molecule has 2 N–H and O–H groups in total. The summed E-state index contributed by atoms with van der Waals surface area (Å²) in [7, 11) is 0. The Morgan fingerprint density at radius 1 is 1.17 bits per heavy atom. The van der Waals surface area contributed by atoms with E-state index < -0.39 is 5.97 Å². The molecule has 2 atom stereocenters. The average Bonchev–Trinajstić information content (AvgIpc) is 3.33. The first-order valence-corrected chi connectivity index (χ1v) is 9.79. The molecule has 0 unspecified atom stereocenters. The number of hydrogen-bond donors (Lipinski definition) is 2. The molecule has 1 aromatic carbocycles. The Balaban J connectivity index is 1.70. The zero-order valence-electron chi connectivity index (χ0n) is 16.1. The first-order valence-electron chi connectivity index (χ1n) is 9.39. The lowest BCUT2D eigenvalue weighted by Gasteiger charge is -2.29. The maximum Gasteiger partial charge on any atom is 0.335 e. The van der Waals surface area contributed by atoms with E-state index in [2.05, 4.69) is 29.0 Å². The summed E-state index contributed by atoms with van der Waals surface area (Å²) >= 11 is 5.60. The van der Waals surface area contributed by atoms with Crippen molar-refractivity contribution in [3.8, 4) is 11.3 Å². The Hall–Kier alpha value is -3.19. The molecule has 3 aromatic rings. The smallest absolute Gasteiger partial charge is 0.335 e. The van der Waals surface area contributed by atoms with Crippen molar-refractivity contribution in [1.29, 1.82) is 0 Å². The number of pyridine rings is 1. The minimum Gasteiger partial charge on any atom is -0.478 e. The Morgan fingerprint density at radius 3 is 2.55 bits per heavy atom. The summed E-state index contributed by atoms with van der Waals surface area (Å²) in [6.45, 7) is 4.19. The highest BCUT2D eigenvalue weighted by molar-refractivity contribution is 7.80. The summed E-state index contributed by atoms with van der Waals surface area (Å²) in [5.41, 5.74) is 1.96. The van der Waals surface area contributed by atoms with Gasteiger partial charge in [0.05, 0.1) is 17.3 Å². The number of carboxylic acid groups (broad SMARTS) is 1. The van der Waals surface area contributed by atoms with Crippen molar-refractivity contribution in [2.45, 2.75) is 32.0 Å². The maximum atomic E-state index is 11.1. The summed E-state index contributed by atoms with van der Waals surface area (Å²) in [5, 5.41) is 13.1. The number of rotatable bonds is 5. The van der Waals surface area contributed by atoms with Gasteiger partial charge >= 0.3 is 5.97 Å². The fraction of sp³-hybridized carbons (Fsp3) is 0.227. The van der Waals surface area contributed by atoms with Gasteiger partial charge in [-0.15, -0.1) is 0 Å². The maximum absolute atomic E-state index is 11.1. The third-order valence-electron chi connectivity index (χ3n) is 5.03. The van der Waals surface area contributed by atoms with Crippen LogP contribution in [0.2, 0.25) is 0 Å². The molecule has 0 spiro atoms. The summed E-state index contributed by atoms with van der Waals surface area (Å²) in [4.78, 5) is 17.7. The standard InChI is InChI=1S/C22H21N3O3S/c1-13(2)25-20(19(24-22(25)29)16-5-3-4-12-23-16)18-11-10-17(28-18)14-6-8-15(9-7-14)21(26)27/h3-13,19-20H,1-2H3,(H,24,29)(H,26,27)/t19-,20+/m0/s1. The highest BCUT2D eigenvalue weighted by Gasteiger charge is 2.42. The van der Waals surface area contributed by atoms with Crippen molar-refractivity contribution >= 4 is 23.3 Å². The summed E-state index contributed by atoms with van der Waals surface area (Å²) in [6.07, 6.45) is 1.77. The van der Waals surface area contributed by atoms with Gasteiger partial charge in [0.15, 0.2) is 5.11 Å². The van der Waals surface area contributed by atoms with Crippen LogP contribution < -0.4 is 5.32 Å². The number of benzene rings is 1. The number of nitrogens with zero attached hydrogens (tertiary/aromatic N) is 2. The van der Waals surface area contributed by atoms with Gasteiger partial charge in [0.2, 0.25) is 0 Å². The predicted molar refractivity (Wildman–Crippen MR) is 114 cm³/mol. The molecular weight excluding hydrogens is 386 g/mol. The lowest BCUT2D eigenvalue weighted by atomic mass is 10.0. The molecule has 0 saturated carbocycles. The summed E-state index contributed by atoms with van der Waals surface area (Å²) < 4.78 is 6.22. The normalized spacial score (nSPS) is 18.9. The van der Waals surface area contributed by atoms with Crippen LogP contribution in [-0.2, 0) is 0 Å². The largest absolute Gasteiger partial charge is 0.478 e. The molecule has 6 nitrogen and oxygen atoms in total. The number of aromatic carboxylic acids is 1. The topological polar surface area (TPSA) is 78.6 Å². The van der Waals surface area contributed by atoms with Gasteiger partial charge in [0, 0.05) is 17.8 Å². The molecule has 1 aliphatic heterocycles. The summed E-state index contributed by atoms with van der Waals surface area (Å²) in [6, 6.07) is 16.2. The van der Waals surface area contributed by atoms with Crippen LogP contribution in [0.4, 0.5) is 0 Å². The molecule has 0 bridgehead atoms. The quantitative estimate of drug-likeness (QED) is 0.606. The van der Waals surface area contributed by atoms with E-state index in [1.807, 2.05) is 30.3 Å². The van der Waals surface area contributed by atoms with E-state index in [-0.39, 0.29) is 23.7 Å². The number of nitrogens with one attached hydrogen (secondary N) is 1. The number of hydrogen-bond acceptors (Lipinski definition) is 4. The van der Waals surface area contributed by atoms with Crippen LogP contribution in [-0.4, -0.2) is 32.1 Å². The Labute approximate surface area is 174 Å². The molecule has 0 radical (unpaired) electrons. The molecule has 1 fully saturated rings. The molecule has 3 heterocycles. The third-order valence-corrected chi connectivity index (χ3v) is 5.35. The molecule has 7 heteroatoms. The molecule has 1 aliphatic rings. The molecule has 1 saturated heterocycles. The van der Waals surface area contributed by atoms with E-state index in [4.69, 9.17) is 21.7 Å². The van der Waals surface area contributed by atoms with Gasteiger partial charge in [0.1, 0.15) is 17.6 Å². The summed E-state index contributed by atoms with van der Waals surface area (Å²) in [5.74, 6) is 0.505. The highest BCUT2D eigenvalue weighted by atomic mass is 32.1. The predicted octanol–water partition coefficient (Wildman–Crippen LogP) is 4.42. The van der Waals surface area contributed by atoms with Crippen molar-refractivity contribution in [1.82, 2.24) is 15.2 Å². The highest BCUT2D eigenvalue weighted by Crippen LogP contribution is 2.41. The third kappa shape index (κ3) is 3.61. The van der Waals surface area contributed by atoms with Gasteiger partial charge in [-0.2, -0.15) is 0 Å². The Bertz CT molecular complexity index is 1030. The molecule has 2 aromatic heterocycles. The van der Waals surface area contributed by atoms with Gasteiger partial charge in [-0.3, -0.25) is 4.98 Å². The zero-order valence-corrected chi connectivity index (χ0v) is 16.9. The van der Waals surface area contributed by atoms with E-state index in [1.165, 1.54) is 0 Å². The van der Waals surface area contributed by atoms with Crippen LogP contribution in [0.3, 0.4) is 0 Å². The minimum atomic E-state index is -0.951. The minimum absolute atomic E-state index is 0.125. The fourth-order valence-corrected chi connectivity index (χ4v) is 4.12.